The van der Waals surface area contributed by atoms with Crippen molar-refractivity contribution in [2.24, 2.45) is 0 Å². The van der Waals surface area contributed by atoms with Gasteiger partial charge in [-0.25, -0.2) is 13.4 Å². The van der Waals surface area contributed by atoms with Gasteiger partial charge < -0.3 is 9.64 Å². The largest absolute Gasteiger partial charge is 0.496 e. The van der Waals surface area contributed by atoms with Gasteiger partial charge in [-0.2, -0.15) is 4.31 Å². The highest BCUT2D eigenvalue weighted by Gasteiger charge is 2.31. The molecule has 34 heavy (non-hydrogen) atoms. The number of ether oxygens (including phenoxy) is 1. The molecule has 1 aromatic heterocycles. The quantitative estimate of drug-likeness (QED) is 0.418. The summed E-state index contributed by atoms with van der Waals surface area (Å²) in [5.41, 5.74) is 1.19. The van der Waals surface area contributed by atoms with Crippen molar-refractivity contribution >= 4 is 38.0 Å². The molecular weight excluding hydrogens is 470 g/mol. The molecule has 1 aliphatic heterocycles. The molecule has 0 saturated carbocycles. The number of nitrogens with zero attached hydrogens (tertiary/aromatic N) is 3. The number of carbonyl (C=O) groups is 1. The van der Waals surface area contributed by atoms with E-state index in [1.165, 1.54) is 15.6 Å². The lowest BCUT2D eigenvalue weighted by molar-refractivity contribution is 0.0693. The monoisotopic (exact) mass is 493 g/mol. The van der Waals surface area contributed by atoms with Gasteiger partial charge in [-0.05, 0) is 35.0 Å². The van der Waals surface area contributed by atoms with Crippen LogP contribution in [0.4, 0.5) is 0 Å². The number of fused-ring (bicyclic) bond motifs is 1. The molecule has 0 spiro atoms. The molecule has 0 bridgehead atoms. The van der Waals surface area contributed by atoms with E-state index in [1.807, 2.05) is 54.6 Å². The van der Waals surface area contributed by atoms with E-state index in [0.717, 1.165) is 16.3 Å². The molecule has 2 heterocycles. The van der Waals surface area contributed by atoms with Crippen LogP contribution in [-0.2, 0) is 10.0 Å². The van der Waals surface area contributed by atoms with Crippen molar-refractivity contribution in [3.63, 3.8) is 0 Å². The van der Waals surface area contributed by atoms with Crippen molar-refractivity contribution < 1.29 is 17.9 Å². The van der Waals surface area contributed by atoms with Gasteiger partial charge in [0, 0.05) is 31.6 Å². The fourth-order valence-corrected chi connectivity index (χ4v) is 6.37. The fourth-order valence-electron chi connectivity index (χ4n) is 4.09. The number of rotatable bonds is 5. The highest BCUT2D eigenvalue weighted by atomic mass is 32.2. The second kappa shape index (κ2) is 9.17. The van der Waals surface area contributed by atoms with E-state index in [1.54, 1.807) is 29.5 Å². The minimum absolute atomic E-state index is 0.194. The Labute approximate surface area is 202 Å². The van der Waals surface area contributed by atoms with Gasteiger partial charge in [-0.3, -0.25) is 4.79 Å². The summed E-state index contributed by atoms with van der Waals surface area (Å²) in [6.45, 7) is 1.11. The molecule has 0 radical (unpaired) electrons. The summed E-state index contributed by atoms with van der Waals surface area (Å²) in [6.07, 6.45) is 0. The molecule has 0 unspecified atom stereocenters. The van der Waals surface area contributed by atoms with E-state index >= 15 is 0 Å². The summed E-state index contributed by atoms with van der Waals surface area (Å²) in [6, 6.07) is 20.4. The molecule has 1 amide bonds. The normalized spacial score (nSPS) is 14.9. The standard InChI is InChI=1S/C25H23N3O4S2/c1-32-23-9-5-4-8-21(23)24-26-22(17-33-24)25(29)27-12-14-28(15-13-27)34(30,31)20-11-10-18-6-2-3-7-19(18)16-20/h2-11,16-17H,12-15H2,1H3. The summed E-state index contributed by atoms with van der Waals surface area (Å²) in [5.74, 6) is 0.503. The van der Waals surface area contributed by atoms with E-state index in [4.69, 9.17) is 4.74 Å². The Morgan fingerprint density at radius 1 is 0.941 bits per heavy atom. The minimum Gasteiger partial charge on any atom is -0.496 e. The van der Waals surface area contributed by atoms with E-state index in [-0.39, 0.29) is 23.9 Å². The molecule has 3 aromatic carbocycles. The van der Waals surface area contributed by atoms with Gasteiger partial charge >= 0.3 is 0 Å². The first kappa shape index (κ1) is 22.5. The number of para-hydroxylation sites is 1. The average Bonchev–Trinajstić information content (AvgIpc) is 3.38. The van der Waals surface area contributed by atoms with Gasteiger partial charge in [-0.15, -0.1) is 11.3 Å². The smallest absolute Gasteiger partial charge is 0.273 e. The number of aromatic nitrogens is 1. The summed E-state index contributed by atoms with van der Waals surface area (Å²) in [7, 11) is -2.04. The van der Waals surface area contributed by atoms with Crippen LogP contribution in [0.2, 0.25) is 0 Å². The van der Waals surface area contributed by atoms with Crippen molar-refractivity contribution in [2.75, 3.05) is 33.3 Å². The molecule has 1 fully saturated rings. The van der Waals surface area contributed by atoms with Crippen LogP contribution in [-0.4, -0.2) is 61.8 Å². The van der Waals surface area contributed by atoms with Crippen LogP contribution in [0.5, 0.6) is 5.75 Å². The Morgan fingerprint density at radius 2 is 1.65 bits per heavy atom. The van der Waals surface area contributed by atoms with Crippen molar-refractivity contribution in [3.8, 4) is 16.3 Å². The van der Waals surface area contributed by atoms with Crippen LogP contribution in [0.3, 0.4) is 0 Å². The van der Waals surface area contributed by atoms with E-state index in [2.05, 4.69) is 4.98 Å². The van der Waals surface area contributed by atoms with Crippen LogP contribution in [0.15, 0.2) is 77.0 Å². The van der Waals surface area contributed by atoms with Crippen LogP contribution in [0.1, 0.15) is 10.5 Å². The number of hydrogen-bond donors (Lipinski definition) is 0. The highest BCUT2D eigenvalue weighted by molar-refractivity contribution is 7.89. The number of piperazine rings is 1. The molecule has 9 heteroatoms. The Hall–Kier alpha value is -3.27. The minimum atomic E-state index is -3.64. The van der Waals surface area contributed by atoms with Gasteiger partial charge in [0.05, 0.1) is 17.6 Å². The number of amides is 1. The maximum absolute atomic E-state index is 13.2. The second-order valence-corrected chi connectivity index (χ2v) is 10.7. The molecule has 5 rings (SSSR count). The first-order valence-electron chi connectivity index (χ1n) is 10.8. The first-order chi connectivity index (χ1) is 16.5. The Balaban J connectivity index is 1.28. The molecule has 0 N–H and O–H groups in total. The zero-order chi connectivity index (χ0) is 23.7. The third-order valence-corrected chi connectivity index (χ3v) is 8.72. The summed E-state index contributed by atoms with van der Waals surface area (Å²) >= 11 is 1.38. The summed E-state index contributed by atoms with van der Waals surface area (Å²) < 4.78 is 33.2. The van der Waals surface area contributed by atoms with Gasteiger partial charge in [0.15, 0.2) is 0 Å². The first-order valence-corrected chi connectivity index (χ1v) is 13.2. The number of benzene rings is 3. The van der Waals surface area contributed by atoms with Gasteiger partial charge in [0.25, 0.3) is 5.91 Å². The van der Waals surface area contributed by atoms with Gasteiger partial charge in [0.2, 0.25) is 10.0 Å². The van der Waals surface area contributed by atoms with Crippen molar-refractivity contribution in [2.45, 2.75) is 4.90 Å². The second-order valence-electron chi connectivity index (χ2n) is 7.94. The summed E-state index contributed by atoms with van der Waals surface area (Å²) in [5, 5.41) is 4.32. The Bertz CT molecular complexity index is 1460. The number of hydrogen-bond acceptors (Lipinski definition) is 6. The summed E-state index contributed by atoms with van der Waals surface area (Å²) in [4.78, 5) is 19.5. The maximum Gasteiger partial charge on any atom is 0.273 e. The molecule has 0 aliphatic carbocycles. The van der Waals surface area contributed by atoms with Crippen LogP contribution >= 0.6 is 11.3 Å². The number of carbonyl (C=O) groups excluding carboxylic acids is 1. The highest BCUT2D eigenvalue weighted by Crippen LogP contribution is 2.32. The number of thiazole rings is 1. The molecule has 174 valence electrons. The number of methoxy groups -OCH3 is 1. The molecule has 0 atom stereocenters. The molecule has 4 aromatic rings. The topological polar surface area (TPSA) is 79.8 Å². The van der Waals surface area contributed by atoms with Crippen LogP contribution < -0.4 is 4.74 Å². The van der Waals surface area contributed by atoms with E-state index in [0.29, 0.717) is 29.5 Å². The van der Waals surface area contributed by atoms with Gasteiger partial charge in [0.1, 0.15) is 16.5 Å². The fraction of sp³-hybridized carbons (Fsp3) is 0.200. The molecular formula is C25H23N3O4S2. The van der Waals surface area contributed by atoms with E-state index < -0.39 is 10.0 Å². The average molecular weight is 494 g/mol. The van der Waals surface area contributed by atoms with Crippen LogP contribution in [0, 0.1) is 0 Å². The number of sulfonamides is 1. The van der Waals surface area contributed by atoms with Gasteiger partial charge in [-0.1, -0.05) is 42.5 Å². The SMILES string of the molecule is COc1ccccc1-c1nc(C(=O)N2CCN(S(=O)(=O)c3ccc4ccccc4c3)CC2)cs1. The van der Waals surface area contributed by atoms with Crippen molar-refractivity contribution in [1.82, 2.24) is 14.2 Å². The predicted molar refractivity (Wildman–Crippen MR) is 133 cm³/mol. The Morgan fingerprint density at radius 3 is 2.41 bits per heavy atom. The zero-order valence-corrected chi connectivity index (χ0v) is 20.2. The zero-order valence-electron chi connectivity index (χ0n) is 18.5. The maximum atomic E-state index is 13.2. The predicted octanol–water partition coefficient (Wildman–Crippen LogP) is 4.12. The lowest BCUT2D eigenvalue weighted by atomic mass is 10.1. The van der Waals surface area contributed by atoms with E-state index in [9.17, 15) is 13.2 Å². The van der Waals surface area contributed by atoms with Crippen LogP contribution in [0.25, 0.3) is 21.3 Å². The molecule has 1 aliphatic rings. The third-order valence-electron chi connectivity index (χ3n) is 5.95. The lowest BCUT2D eigenvalue weighted by Gasteiger charge is -2.33. The van der Waals surface area contributed by atoms with Crippen molar-refractivity contribution in [1.29, 1.82) is 0 Å². The Kier molecular flexibility index (Phi) is 6.07. The third kappa shape index (κ3) is 4.18. The van der Waals surface area contributed by atoms with Crippen molar-refractivity contribution in [3.05, 3.63) is 77.8 Å². The molecule has 7 nitrogen and oxygen atoms in total. The lowest BCUT2D eigenvalue weighted by Crippen LogP contribution is -2.50. The molecule has 1 saturated heterocycles.